The second-order valence-corrected chi connectivity index (χ2v) is 8.77. The molecule has 1 aliphatic heterocycles. The summed E-state index contributed by atoms with van der Waals surface area (Å²) in [6, 6.07) is 12.9. The predicted octanol–water partition coefficient (Wildman–Crippen LogP) is 3.20. The molecule has 0 saturated carbocycles. The van der Waals surface area contributed by atoms with Crippen LogP contribution in [0.15, 0.2) is 48.8 Å². The first-order valence-electron chi connectivity index (χ1n) is 12.2. The number of morpholine rings is 1. The normalized spacial score (nSPS) is 14.0. The standard InChI is InChI=1S/C26H29N7O4/c1-17-15-18(37-12-4-9-33-10-13-36-14-11-33)7-8-19(17)29-24(34)22-23(28-16-27-22)25(35)32-26-30-20-5-2-3-6-21(20)31-26/h2-3,5-8,15-16H,4,9-14H2,1H3,(H,27,28)(H,29,34)(H2,30,31,32,35). The first-order valence-corrected chi connectivity index (χ1v) is 12.2. The number of aryl methyl sites for hydroxylation is 1. The van der Waals surface area contributed by atoms with Crippen LogP contribution >= 0.6 is 0 Å². The molecule has 37 heavy (non-hydrogen) atoms. The van der Waals surface area contributed by atoms with Crippen LogP contribution in [0.4, 0.5) is 11.6 Å². The molecule has 2 aromatic heterocycles. The highest BCUT2D eigenvalue weighted by Crippen LogP contribution is 2.23. The van der Waals surface area contributed by atoms with Gasteiger partial charge in [0, 0.05) is 25.3 Å². The molecule has 192 valence electrons. The summed E-state index contributed by atoms with van der Waals surface area (Å²) in [6.07, 6.45) is 2.23. The van der Waals surface area contributed by atoms with Crippen LogP contribution in [0.5, 0.6) is 5.75 Å². The Morgan fingerprint density at radius 1 is 1.11 bits per heavy atom. The van der Waals surface area contributed by atoms with Gasteiger partial charge in [-0.1, -0.05) is 12.1 Å². The number of carbonyl (C=O) groups is 2. The van der Waals surface area contributed by atoms with Gasteiger partial charge in [0.25, 0.3) is 11.8 Å². The number of aromatic amines is 2. The molecule has 0 radical (unpaired) electrons. The number of benzene rings is 2. The van der Waals surface area contributed by atoms with Crippen molar-refractivity contribution in [2.45, 2.75) is 13.3 Å². The number of carbonyl (C=O) groups excluding carboxylic acids is 2. The van der Waals surface area contributed by atoms with E-state index in [0.29, 0.717) is 12.3 Å². The lowest BCUT2D eigenvalue weighted by atomic mass is 10.2. The van der Waals surface area contributed by atoms with E-state index in [-0.39, 0.29) is 17.3 Å². The number of anilines is 2. The van der Waals surface area contributed by atoms with Gasteiger partial charge in [0.15, 0.2) is 5.69 Å². The van der Waals surface area contributed by atoms with Gasteiger partial charge < -0.3 is 24.8 Å². The van der Waals surface area contributed by atoms with Gasteiger partial charge in [-0.15, -0.1) is 0 Å². The SMILES string of the molecule is Cc1cc(OCCCN2CCOCC2)ccc1NC(=O)c1nc[nH]c1C(=O)Nc1nc2ccccc2[nH]1. The van der Waals surface area contributed by atoms with Gasteiger partial charge in [-0.05, 0) is 49.2 Å². The molecule has 2 amide bonds. The highest BCUT2D eigenvalue weighted by Gasteiger charge is 2.22. The summed E-state index contributed by atoms with van der Waals surface area (Å²) in [7, 11) is 0. The first kappa shape index (κ1) is 24.5. The molecule has 5 rings (SSSR count). The van der Waals surface area contributed by atoms with E-state index in [2.05, 4.69) is 35.5 Å². The molecule has 4 N–H and O–H groups in total. The van der Waals surface area contributed by atoms with Crippen LogP contribution in [0.3, 0.4) is 0 Å². The van der Waals surface area contributed by atoms with Gasteiger partial charge in [0.1, 0.15) is 11.4 Å². The molecule has 0 unspecified atom stereocenters. The Bertz CT molecular complexity index is 1360. The largest absolute Gasteiger partial charge is 0.494 e. The second-order valence-electron chi connectivity index (χ2n) is 8.77. The smallest absolute Gasteiger partial charge is 0.276 e. The van der Waals surface area contributed by atoms with E-state index in [1.165, 1.54) is 6.33 Å². The van der Waals surface area contributed by atoms with E-state index in [1.54, 1.807) is 6.07 Å². The van der Waals surface area contributed by atoms with Gasteiger partial charge in [-0.3, -0.25) is 19.8 Å². The van der Waals surface area contributed by atoms with Gasteiger partial charge in [-0.2, -0.15) is 0 Å². The number of amides is 2. The van der Waals surface area contributed by atoms with Gasteiger partial charge in [0.05, 0.1) is 37.2 Å². The van der Waals surface area contributed by atoms with Crippen molar-refractivity contribution in [3.8, 4) is 5.75 Å². The minimum absolute atomic E-state index is 0.0172. The van der Waals surface area contributed by atoms with Crippen molar-refractivity contribution in [3.63, 3.8) is 0 Å². The minimum atomic E-state index is -0.528. The van der Waals surface area contributed by atoms with Gasteiger partial charge in [-0.25, -0.2) is 9.97 Å². The number of nitrogens with zero attached hydrogens (tertiary/aromatic N) is 3. The number of imidazole rings is 2. The molecule has 2 aromatic carbocycles. The maximum absolute atomic E-state index is 13.0. The van der Waals surface area contributed by atoms with Crippen molar-refractivity contribution < 1.29 is 19.1 Å². The number of ether oxygens (including phenoxy) is 2. The van der Waals surface area contributed by atoms with Crippen molar-refractivity contribution >= 4 is 34.5 Å². The highest BCUT2D eigenvalue weighted by molar-refractivity contribution is 6.13. The van der Waals surface area contributed by atoms with Crippen molar-refractivity contribution in [2.24, 2.45) is 0 Å². The molecule has 1 saturated heterocycles. The van der Waals surface area contributed by atoms with Crippen LogP contribution in [0.1, 0.15) is 33.0 Å². The number of fused-ring (bicyclic) bond motifs is 1. The molecule has 1 fully saturated rings. The lowest BCUT2D eigenvalue weighted by molar-refractivity contribution is 0.0358. The number of hydrogen-bond donors (Lipinski definition) is 4. The maximum Gasteiger partial charge on any atom is 0.276 e. The molecule has 4 aromatic rings. The fourth-order valence-corrected chi connectivity index (χ4v) is 4.17. The zero-order chi connectivity index (χ0) is 25.6. The Kier molecular flexibility index (Phi) is 7.43. The second kappa shape index (κ2) is 11.2. The Morgan fingerprint density at radius 3 is 2.76 bits per heavy atom. The van der Waals surface area contributed by atoms with Crippen LogP contribution in [0, 0.1) is 6.92 Å². The average Bonchev–Trinajstić information content (AvgIpc) is 3.56. The molecular weight excluding hydrogens is 474 g/mol. The topological polar surface area (TPSA) is 137 Å². The predicted molar refractivity (Wildman–Crippen MR) is 139 cm³/mol. The van der Waals surface area contributed by atoms with Crippen LogP contribution in [0.25, 0.3) is 11.0 Å². The molecule has 0 atom stereocenters. The monoisotopic (exact) mass is 503 g/mol. The van der Waals surface area contributed by atoms with E-state index >= 15 is 0 Å². The zero-order valence-corrected chi connectivity index (χ0v) is 20.5. The Labute approximate surface area is 213 Å². The molecule has 0 aliphatic carbocycles. The zero-order valence-electron chi connectivity index (χ0n) is 20.5. The molecule has 0 spiro atoms. The summed E-state index contributed by atoms with van der Waals surface area (Å²) in [5, 5.41) is 5.51. The van der Waals surface area contributed by atoms with E-state index in [9.17, 15) is 9.59 Å². The summed E-state index contributed by atoms with van der Waals surface area (Å²) in [6.45, 7) is 6.99. The third kappa shape index (κ3) is 5.96. The third-order valence-corrected chi connectivity index (χ3v) is 6.14. The molecule has 3 heterocycles. The quantitative estimate of drug-likeness (QED) is 0.257. The summed E-state index contributed by atoms with van der Waals surface area (Å²) >= 11 is 0. The lowest BCUT2D eigenvalue weighted by Gasteiger charge is -2.26. The molecular formula is C26H29N7O4. The van der Waals surface area contributed by atoms with Crippen LogP contribution in [0.2, 0.25) is 0 Å². The summed E-state index contributed by atoms with van der Waals surface area (Å²) in [4.78, 5) is 42.3. The van der Waals surface area contributed by atoms with E-state index < -0.39 is 11.8 Å². The van der Waals surface area contributed by atoms with E-state index in [4.69, 9.17) is 9.47 Å². The van der Waals surface area contributed by atoms with Crippen LogP contribution in [-0.2, 0) is 4.74 Å². The number of H-pyrrole nitrogens is 2. The van der Waals surface area contributed by atoms with Crippen LogP contribution < -0.4 is 15.4 Å². The van der Waals surface area contributed by atoms with E-state index in [1.807, 2.05) is 43.3 Å². The Hall–Kier alpha value is -4.22. The van der Waals surface area contributed by atoms with Gasteiger partial charge >= 0.3 is 0 Å². The van der Waals surface area contributed by atoms with Crippen molar-refractivity contribution in [1.82, 2.24) is 24.8 Å². The molecule has 11 nitrogen and oxygen atoms in total. The summed E-state index contributed by atoms with van der Waals surface area (Å²) in [5.41, 5.74) is 2.98. The van der Waals surface area contributed by atoms with Crippen molar-refractivity contribution in [1.29, 1.82) is 0 Å². The number of para-hydroxylation sites is 2. The summed E-state index contributed by atoms with van der Waals surface area (Å²) < 4.78 is 11.3. The Balaban J connectivity index is 1.16. The lowest BCUT2D eigenvalue weighted by Crippen LogP contribution is -2.37. The fraction of sp³-hybridized carbons (Fsp3) is 0.308. The van der Waals surface area contributed by atoms with Crippen molar-refractivity contribution in [2.75, 3.05) is 50.1 Å². The highest BCUT2D eigenvalue weighted by atomic mass is 16.5. The number of hydrogen-bond acceptors (Lipinski definition) is 7. The van der Waals surface area contributed by atoms with E-state index in [0.717, 1.165) is 61.6 Å². The minimum Gasteiger partial charge on any atom is -0.494 e. The first-order chi connectivity index (χ1) is 18.1. The van der Waals surface area contributed by atoms with Gasteiger partial charge in [0.2, 0.25) is 5.95 Å². The molecule has 11 heteroatoms. The summed E-state index contributed by atoms with van der Waals surface area (Å²) in [5.74, 6) is -0.00998. The third-order valence-electron chi connectivity index (χ3n) is 6.14. The molecule has 1 aliphatic rings. The number of aromatic nitrogens is 4. The fourth-order valence-electron chi connectivity index (χ4n) is 4.17. The molecule has 0 bridgehead atoms. The Morgan fingerprint density at radius 2 is 1.95 bits per heavy atom. The van der Waals surface area contributed by atoms with Crippen LogP contribution in [-0.4, -0.2) is 76.1 Å². The number of rotatable bonds is 9. The van der Waals surface area contributed by atoms with Crippen molar-refractivity contribution in [3.05, 3.63) is 65.7 Å². The maximum atomic E-state index is 13.0. The average molecular weight is 504 g/mol. The number of nitrogens with one attached hydrogen (secondary N) is 4.